The second kappa shape index (κ2) is 6.36. The second-order valence-electron chi connectivity index (χ2n) is 6.00. The summed E-state index contributed by atoms with van der Waals surface area (Å²) in [6, 6.07) is 15.3. The Bertz CT molecular complexity index is 1200. The van der Waals surface area contributed by atoms with Crippen molar-refractivity contribution in [2.75, 3.05) is 22.5 Å². The van der Waals surface area contributed by atoms with Gasteiger partial charge in [0.15, 0.2) is 5.16 Å². The molecule has 0 spiro atoms. The van der Waals surface area contributed by atoms with E-state index in [9.17, 15) is 9.59 Å². The molecule has 2 aromatic heterocycles. The van der Waals surface area contributed by atoms with Crippen LogP contribution in [0.25, 0.3) is 15.2 Å². The summed E-state index contributed by atoms with van der Waals surface area (Å²) in [4.78, 5) is 27.1. The van der Waals surface area contributed by atoms with Crippen LogP contribution in [-0.4, -0.2) is 38.7 Å². The molecule has 2 amide bonds. The lowest BCUT2D eigenvalue weighted by Gasteiger charge is -2.28. The topological polar surface area (TPSA) is 79.6 Å². The molecule has 0 bridgehead atoms. The zero-order valence-electron chi connectivity index (χ0n) is 14.0. The van der Waals surface area contributed by atoms with Gasteiger partial charge in [0.1, 0.15) is 6.54 Å². The summed E-state index contributed by atoms with van der Waals surface area (Å²) < 4.78 is 3.09. The zero-order chi connectivity index (χ0) is 18.4. The first kappa shape index (κ1) is 16.3. The summed E-state index contributed by atoms with van der Waals surface area (Å²) in [5, 5.41) is 11.9. The van der Waals surface area contributed by atoms with E-state index in [1.54, 1.807) is 17.4 Å². The van der Waals surface area contributed by atoms with Crippen molar-refractivity contribution in [1.29, 1.82) is 0 Å². The molecule has 1 aliphatic heterocycles. The monoisotopic (exact) mass is 395 g/mol. The lowest BCUT2D eigenvalue weighted by atomic mass is 10.2. The highest BCUT2D eigenvalue weighted by molar-refractivity contribution is 7.99. The summed E-state index contributed by atoms with van der Waals surface area (Å²) in [5.41, 5.74) is 2.40. The molecule has 7 nitrogen and oxygen atoms in total. The minimum absolute atomic E-state index is 0.0209. The first-order valence-corrected chi connectivity index (χ1v) is 10.1. The maximum absolute atomic E-state index is 12.8. The first-order chi connectivity index (χ1) is 13.2. The highest BCUT2D eigenvalue weighted by Crippen LogP contribution is 2.32. The van der Waals surface area contributed by atoms with E-state index in [4.69, 9.17) is 0 Å². The molecule has 1 N–H and O–H groups in total. The Kier molecular flexibility index (Phi) is 3.83. The number of nitrogens with zero attached hydrogens (tertiary/aromatic N) is 4. The van der Waals surface area contributed by atoms with Gasteiger partial charge < -0.3 is 10.2 Å². The molecule has 134 valence electrons. The molecule has 0 aliphatic carbocycles. The number of carbonyl (C=O) groups is 2. The van der Waals surface area contributed by atoms with Crippen LogP contribution in [0.5, 0.6) is 0 Å². The lowest BCUT2D eigenvalue weighted by molar-refractivity contribution is -0.120. The number of hydrogen-bond acceptors (Lipinski definition) is 6. The van der Waals surface area contributed by atoms with Crippen LogP contribution in [0.1, 0.15) is 0 Å². The van der Waals surface area contributed by atoms with E-state index in [2.05, 4.69) is 15.5 Å². The molecule has 3 heterocycles. The summed E-state index contributed by atoms with van der Waals surface area (Å²) in [7, 11) is 0. The zero-order valence-corrected chi connectivity index (χ0v) is 15.6. The van der Waals surface area contributed by atoms with E-state index in [1.807, 2.05) is 46.9 Å². The van der Waals surface area contributed by atoms with E-state index in [-0.39, 0.29) is 24.1 Å². The predicted molar refractivity (Wildman–Crippen MR) is 107 cm³/mol. The Morgan fingerprint density at radius 1 is 1.15 bits per heavy atom. The highest BCUT2D eigenvalue weighted by atomic mass is 32.2. The van der Waals surface area contributed by atoms with Gasteiger partial charge in [-0.1, -0.05) is 47.4 Å². The molecule has 0 saturated heterocycles. The van der Waals surface area contributed by atoms with Gasteiger partial charge in [0.25, 0.3) is 0 Å². The molecule has 0 atom stereocenters. The van der Waals surface area contributed by atoms with E-state index in [1.165, 1.54) is 16.7 Å². The van der Waals surface area contributed by atoms with E-state index >= 15 is 0 Å². The third-order valence-corrected chi connectivity index (χ3v) is 6.23. The number of nitrogens with one attached hydrogen (secondary N) is 1. The Morgan fingerprint density at radius 2 is 1.96 bits per heavy atom. The van der Waals surface area contributed by atoms with Gasteiger partial charge in [0.05, 0.1) is 27.3 Å². The van der Waals surface area contributed by atoms with Gasteiger partial charge in [0.2, 0.25) is 16.8 Å². The van der Waals surface area contributed by atoms with Crippen LogP contribution in [-0.2, 0) is 9.59 Å². The van der Waals surface area contributed by atoms with Gasteiger partial charge in [0, 0.05) is 0 Å². The number of thioether (sulfide) groups is 1. The molecule has 0 radical (unpaired) electrons. The largest absolute Gasteiger partial charge is 0.323 e. The smallest absolute Gasteiger partial charge is 0.244 e. The number of benzene rings is 2. The van der Waals surface area contributed by atoms with Gasteiger partial charge in [-0.2, -0.15) is 0 Å². The van der Waals surface area contributed by atoms with E-state index in [0.717, 1.165) is 20.9 Å². The van der Waals surface area contributed by atoms with Crippen molar-refractivity contribution in [2.24, 2.45) is 0 Å². The van der Waals surface area contributed by atoms with Gasteiger partial charge in [-0.25, -0.2) is 0 Å². The maximum Gasteiger partial charge on any atom is 0.244 e. The van der Waals surface area contributed by atoms with Crippen LogP contribution >= 0.6 is 23.1 Å². The number of aromatic nitrogens is 3. The van der Waals surface area contributed by atoms with Crippen LogP contribution in [0, 0.1) is 0 Å². The number of amides is 2. The van der Waals surface area contributed by atoms with Crippen molar-refractivity contribution in [3.63, 3.8) is 0 Å². The minimum Gasteiger partial charge on any atom is -0.323 e. The maximum atomic E-state index is 12.8. The third-order valence-electron chi connectivity index (χ3n) is 4.31. The van der Waals surface area contributed by atoms with Crippen molar-refractivity contribution in [1.82, 2.24) is 14.6 Å². The fourth-order valence-electron chi connectivity index (χ4n) is 3.11. The molecular weight excluding hydrogens is 382 g/mol. The molecule has 27 heavy (non-hydrogen) atoms. The van der Waals surface area contributed by atoms with E-state index < -0.39 is 0 Å². The van der Waals surface area contributed by atoms with Crippen molar-refractivity contribution < 1.29 is 9.59 Å². The minimum atomic E-state index is -0.194. The third kappa shape index (κ3) is 2.75. The number of carbonyl (C=O) groups excluding carboxylic acids is 2. The number of rotatable bonds is 3. The molecule has 9 heteroatoms. The molecule has 0 fully saturated rings. The van der Waals surface area contributed by atoms with Crippen LogP contribution in [0.4, 0.5) is 11.4 Å². The predicted octanol–water partition coefficient (Wildman–Crippen LogP) is 3.02. The number of fused-ring (bicyclic) bond motifs is 4. The molecule has 4 aromatic rings. The van der Waals surface area contributed by atoms with Crippen LogP contribution in [0.15, 0.2) is 53.7 Å². The molecular formula is C18H13N5O2S2. The fraction of sp³-hybridized carbons (Fsp3) is 0.111. The van der Waals surface area contributed by atoms with E-state index in [0.29, 0.717) is 10.8 Å². The fourth-order valence-corrected chi connectivity index (χ4v) is 4.95. The Morgan fingerprint density at radius 3 is 2.89 bits per heavy atom. The van der Waals surface area contributed by atoms with Gasteiger partial charge in [-0.15, -0.1) is 10.2 Å². The Hall–Kier alpha value is -2.91. The average molecular weight is 395 g/mol. The van der Waals surface area contributed by atoms with Gasteiger partial charge in [-0.05, 0) is 24.3 Å². The highest BCUT2D eigenvalue weighted by Gasteiger charge is 2.27. The molecule has 2 aromatic carbocycles. The molecule has 0 unspecified atom stereocenters. The first-order valence-electron chi connectivity index (χ1n) is 8.25. The normalized spacial score (nSPS) is 13.8. The number of anilines is 2. The van der Waals surface area contributed by atoms with Crippen LogP contribution in [0.2, 0.25) is 0 Å². The van der Waals surface area contributed by atoms with Crippen LogP contribution < -0.4 is 10.2 Å². The van der Waals surface area contributed by atoms with Crippen molar-refractivity contribution >= 4 is 61.5 Å². The van der Waals surface area contributed by atoms with Crippen molar-refractivity contribution in [2.45, 2.75) is 5.16 Å². The number of para-hydroxylation sites is 3. The SMILES string of the molecule is O=C1CN(C(=O)CSc2nnc3sc4ccccc4n23)c2ccccc2N1. The second-order valence-corrected chi connectivity index (χ2v) is 7.96. The molecule has 0 saturated carbocycles. The quantitative estimate of drug-likeness (QED) is 0.540. The summed E-state index contributed by atoms with van der Waals surface area (Å²) >= 11 is 2.89. The number of hydrogen-bond donors (Lipinski definition) is 1. The molecule has 5 rings (SSSR count). The molecule has 1 aliphatic rings. The summed E-state index contributed by atoms with van der Waals surface area (Å²) in [6.45, 7) is 0.0209. The van der Waals surface area contributed by atoms with Crippen molar-refractivity contribution in [3.8, 4) is 0 Å². The lowest BCUT2D eigenvalue weighted by Crippen LogP contribution is -2.43. The van der Waals surface area contributed by atoms with Crippen molar-refractivity contribution in [3.05, 3.63) is 48.5 Å². The number of thiazole rings is 1. The summed E-state index contributed by atoms with van der Waals surface area (Å²) in [5.74, 6) is -0.161. The van der Waals surface area contributed by atoms with Gasteiger partial charge in [-0.3, -0.25) is 14.0 Å². The van der Waals surface area contributed by atoms with Gasteiger partial charge >= 0.3 is 0 Å². The van der Waals surface area contributed by atoms with Crippen LogP contribution in [0.3, 0.4) is 0 Å². The average Bonchev–Trinajstić information content (AvgIpc) is 3.24. The standard InChI is InChI=1S/C18H13N5O2S2/c24-15-9-22(12-6-2-1-5-11(12)19-15)16(25)10-26-17-20-21-18-23(17)13-7-3-4-8-14(13)27-18/h1-8H,9-10H2,(H,19,24). The Balaban J connectivity index is 1.41. The Labute approximate surface area is 162 Å². The summed E-state index contributed by atoms with van der Waals surface area (Å²) in [6.07, 6.45) is 0.